The Labute approximate surface area is 154 Å². The van der Waals surface area contributed by atoms with Gasteiger partial charge in [0.05, 0.1) is 16.6 Å². The molecular weight excluding hydrogens is 359 g/mol. The van der Waals surface area contributed by atoms with Gasteiger partial charge in [0, 0.05) is 34.7 Å². The van der Waals surface area contributed by atoms with Gasteiger partial charge in [0.2, 0.25) is 0 Å². The molecule has 3 heterocycles. The Morgan fingerprint density at radius 3 is 2.70 bits per heavy atom. The number of benzene rings is 1. The number of fused-ring (bicyclic) bond motifs is 3. The van der Waals surface area contributed by atoms with Crippen LogP contribution in [0.2, 0.25) is 0 Å². The maximum absolute atomic E-state index is 13.0. The van der Waals surface area contributed by atoms with E-state index in [4.69, 9.17) is 9.85 Å². The van der Waals surface area contributed by atoms with Crippen LogP contribution in [0, 0.1) is 6.85 Å². The van der Waals surface area contributed by atoms with Crippen molar-refractivity contribution in [2.24, 2.45) is 7.05 Å². The number of nitrogens with zero attached hydrogens (tertiary/aromatic N) is 4. The third kappa shape index (κ3) is 2.54. The smallest absolute Gasteiger partial charge is 0.398 e. The summed E-state index contributed by atoms with van der Waals surface area (Å²) in [5, 5.41) is 4.31. The SMILES string of the molecule is [2H]C([2H])([2H])c1ccc2c(c1N)c(=O)n(C)c1cc(-c3ccnc(C(F)(F)F)c3)nn21. The summed E-state index contributed by atoms with van der Waals surface area (Å²) in [6, 6.07) is 6.40. The van der Waals surface area contributed by atoms with Crippen LogP contribution in [-0.4, -0.2) is 19.2 Å². The second kappa shape index (κ2) is 5.57. The zero-order valence-electron chi connectivity index (χ0n) is 16.9. The van der Waals surface area contributed by atoms with E-state index in [-0.39, 0.29) is 33.4 Å². The second-order valence-electron chi connectivity index (χ2n) is 6.01. The quantitative estimate of drug-likeness (QED) is 0.518. The lowest BCUT2D eigenvalue weighted by molar-refractivity contribution is -0.141. The number of hydrogen-bond acceptors (Lipinski definition) is 4. The first-order valence-electron chi connectivity index (χ1n) is 9.24. The fraction of sp³-hybridized carbons (Fsp3) is 0.167. The summed E-state index contributed by atoms with van der Waals surface area (Å²) in [5.41, 5.74) is 4.93. The number of pyridine rings is 1. The number of hydrogen-bond donors (Lipinski definition) is 1. The van der Waals surface area contributed by atoms with Crippen LogP contribution >= 0.6 is 0 Å². The van der Waals surface area contributed by atoms with Crippen molar-refractivity contribution in [3.05, 3.63) is 58.1 Å². The molecule has 0 saturated carbocycles. The molecule has 0 spiro atoms. The zero-order valence-corrected chi connectivity index (χ0v) is 13.9. The number of anilines is 1. The van der Waals surface area contributed by atoms with Crippen molar-refractivity contribution >= 4 is 22.2 Å². The number of halogens is 3. The third-order valence-electron chi connectivity index (χ3n) is 4.35. The molecule has 0 aliphatic rings. The molecule has 0 unspecified atom stereocenters. The highest BCUT2D eigenvalue weighted by atomic mass is 19.4. The summed E-state index contributed by atoms with van der Waals surface area (Å²) in [6.07, 6.45) is -3.59. The molecule has 6 nitrogen and oxygen atoms in total. The molecule has 2 N–H and O–H groups in total. The van der Waals surface area contributed by atoms with Crippen LogP contribution in [0.4, 0.5) is 18.9 Å². The lowest BCUT2D eigenvalue weighted by Crippen LogP contribution is -2.21. The number of alkyl halides is 3. The minimum Gasteiger partial charge on any atom is -0.398 e. The molecule has 0 aliphatic carbocycles. The highest BCUT2D eigenvalue weighted by Gasteiger charge is 2.32. The molecule has 0 radical (unpaired) electrons. The van der Waals surface area contributed by atoms with E-state index in [0.29, 0.717) is 5.65 Å². The maximum Gasteiger partial charge on any atom is 0.433 e. The molecule has 0 atom stereocenters. The van der Waals surface area contributed by atoms with E-state index >= 15 is 0 Å². The zero-order chi connectivity index (χ0) is 22.0. The predicted octanol–water partition coefficient (Wildman–Crippen LogP) is 3.16. The molecule has 0 bridgehead atoms. The van der Waals surface area contributed by atoms with E-state index in [9.17, 15) is 18.0 Å². The first-order chi connectivity index (χ1) is 13.9. The molecule has 138 valence electrons. The third-order valence-corrected chi connectivity index (χ3v) is 4.35. The average molecular weight is 376 g/mol. The van der Waals surface area contributed by atoms with Crippen molar-refractivity contribution < 1.29 is 17.3 Å². The van der Waals surface area contributed by atoms with E-state index in [0.717, 1.165) is 12.3 Å². The van der Waals surface area contributed by atoms with Gasteiger partial charge in [-0.1, -0.05) is 6.07 Å². The Balaban J connectivity index is 2.03. The van der Waals surface area contributed by atoms with E-state index in [1.807, 2.05) is 0 Å². The van der Waals surface area contributed by atoms with Crippen molar-refractivity contribution in [3.8, 4) is 11.3 Å². The monoisotopic (exact) mass is 376 g/mol. The molecule has 0 saturated heterocycles. The Kier molecular flexibility index (Phi) is 2.84. The van der Waals surface area contributed by atoms with Crippen LogP contribution in [0.15, 0.2) is 41.3 Å². The first kappa shape index (κ1) is 13.8. The molecule has 27 heavy (non-hydrogen) atoms. The molecule has 4 rings (SSSR count). The fourth-order valence-electron chi connectivity index (χ4n) is 2.95. The molecule has 0 aliphatic heterocycles. The Morgan fingerprint density at radius 1 is 1.22 bits per heavy atom. The summed E-state index contributed by atoms with van der Waals surface area (Å²) in [5.74, 6) is 0. The minimum absolute atomic E-state index is 0.0287. The number of aromatic nitrogens is 4. The van der Waals surface area contributed by atoms with E-state index in [2.05, 4.69) is 10.1 Å². The van der Waals surface area contributed by atoms with Gasteiger partial charge in [-0.2, -0.15) is 18.3 Å². The standard InChI is InChI=1S/C18H14F3N5O/c1-9-3-4-12-15(16(9)22)17(27)25(2)14-8-11(24-26(12)14)10-5-6-23-13(7-10)18(19,20)21/h3-8H,22H2,1-2H3/i1D3. The van der Waals surface area contributed by atoms with E-state index < -0.39 is 24.3 Å². The Hall–Kier alpha value is -3.36. The molecule has 0 fully saturated rings. The highest BCUT2D eigenvalue weighted by molar-refractivity contribution is 5.93. The number of nitrogens with two attached hydrogens (primary N) is 1. The van der Waals surface area contributed by atoms with Gasteiger partial charge in [0.1, 0.15) is 11.3 Å². The van der Waals surface area contributed by atoms with Gasteiger partial charge in [0.15, 0.2) is 0 Å². The molecular formula is C18H14F3N5O. The summed E-state index contributed by atoms with van der Waals surface area (Å²) < 4.78 is 64.3. The van der Waals surface area contributed by atoms with Crippen molar-refractivity contribution in [2.75, 3.05) is 5.73 Å². The predicted molar refractivity (Wildman–Crippen MR) is 95.3 cm³/mol. The van der Waals surface area contributed by atoms with Crippen LogP contribution in [0.25, 0.3) is 27.8 Å². The first-order valence-corrected chi connectivity index (χ1v) is 7.74. The van der Waals surface area contributed by atoms with Gasteiger partial charge in [-0.15, -0.1) is 0 Å². The molecule has 3 aromatic heterocycles. The topological polar surface area (TPSA) is 78.2 Å². The number of aryl methyl sites for hydroxylation is 2. The highest BCUT2D eigenvalue weighted by Crippen LogP contribution is 2.31. The molecule has 0 amide bonds. The van der Waals surface area contributed by atoms with Crippen molar-refractivity contribution in [2.45, 2.75) is 13.0 Å². The molecule has 4 aromatic rings. The minimum atomic E-state index is -4.62. The van der Waals surface area contributed by atoms with Crippen LogP contribution in [0.3, 0.4) is 0 Å². The number of rotatable bonds is 1. The summed E-state index contributed by atoms with van der Waals surface area (Å²) >= 11 is 0. The van der Waals surface area contributed by atoms with Crippen molar-refractivity contribution in [3.63, 3.8) is 0 Å². The summed E-state index contributed by atoms with van der Waals surface area (Å²) in [7, 11) is 1.44. The summed E-state index contributed by atoms with van der Waals surface area (Å²) in [4.78, 5) is 16.2. The Morgan fingerprint density at radius 2 is 2.00 bits per heavy atom. The van der Waals surface area contributed by atoms with Crippen LogP contribution in [0.5, 0.6) is 0 Å². The van der Waals surface area contributed by atoms with Gasteiger partial charge in [-0.25, -0.2) is 4.52 Å². The van der Waals surface area contributed by atoms with Gasteiger partial charge >= 0.3 is 6.18 Å². The molecule has 1 aromatic carbocycles. The summed E-state index contributed by atoms with van der Waals surface area (Å²) in [6.45, 7) is -2.52. The normalized spacial score (nSPS) is 14.3. The van der Waals surface area contributed by atoms with Crippen LogP contribution < -0.4 is 11.3 Å². The van der Waals surface area contributed by atoms with Gasteiger partial charge in [-0.05, 0) is 30.6 Å². The Bertz CT molecular complexity index is 1370. The maximum atomic E-state index is 13.0. The largest absolute Gasteiger partial charge is 0.433 e. The van der Waals surface area contributed by atoms with Crippen LogP contribution in [-0.2, 0) is 13.2 Å². The van der Waals surface area contributed by atoms with Gasteiger partial charge < -0.3 is 5.73 Å². The lowest BCUT2D eigenvalue weighted by atomic mass is 10.1. The van der Waals surface area contributed by atoms with E-state index in [1.165, 1.54) is 40.4 Å². The van der Waals surface area contributed by atoms with Crippen LogP contribution in [0.1, 0.15) is 15.4 Å². The lowest BCUT2D eigenvalue weighted by Gasteiger charge is -2.09. The average Bonchev–Trinajstić information content (AvgIpc) is 3.10. The van der Waals surface area contributed by atoms with Gasteiger partial charge in [0.25, 0.3) is 5.56 Å². The van der Waals surface area contributed by atoms with Crippen molar-refractivity contribution in [1.82, 2.24) is 19.2 Å². The van der Waals surface area contributed by atoms with E-state index in [1.54, 1.807) is 0 Å². The van der Waals surface area contributed by atoms with Crippen molar-refractivity contribution in [1.29, 1.82) is 0 Å². The molecule has 9 heteroatoms. The second-order valence-corrected chi connectivity index (χ2v) is 6.01. The van der Waals surface area contributed by atoms with Gasteiger partial charge in [-0.3, -0.25) is 14.3 Å². The fourth-order valence-corrected chi connectivity index (χ4v) is 2.95. The number of nitrogen functional groups attached to an aromatic ring is 1.